The Labute approximate surface area is 607 Å². The van der Waals surface area contributed by atoms with Crippen LogP contribution in [-0.4, -0.2) is 96.7 Å². The topological polar surface area (TPSA) is 237 Å². The summed E-state index contributed by atoms with van der Waals surface area (Å²) in [6.45, 7) is 7.37. The van der Waals surface area contributed by atoms with Gasteiger partial charge in [0.15, 0.2) is 12.2 Å². The summed E-state index contributed by atoms with van der Waals surface area (Å²) in [7, 11) is -9.91. The SMILES string of the molecule is CCCCCCCCCCCCCCCCCCCCCC(=O)O[C@H](COC(=O)CCCCCCCCCCCCCCCCC(C)CC)COP(=O)(O)OC[C@@H](O)COP(=O)(O)OC[C@@H](COC(=O)CCCCCCCCCCC)OC(=O)CCCCCCCCCCCCCCC. The van der Waals surface area contributed by atoms with Gasteiger partial charge in [-0.1, -0.05) is 375 Å². The lowest BCUT2D eigenvalue weighted by Crippen LogP contribution is -2.30. The number of rotatable bonds is 80. The first-order chi connectivity index (χ1) is 48.1. The van der Waals surface area contributed by atoms with E-state index in [9.17, 15) is 43.2 Å². The van der Waals surface area contributed by atoms with Crippen molar-refractivity contribution in [2.24, 2.45) is 5.92 Å². The van der Waals surface area contributed by atoms with E-state index < -0.39 is 97.5 Å². The van der Waals surface area contributed by atoms with E-state index in [0.29, 0.717) is 25.7 Å². The van der Waals surface area contributed by atoms with Crippen LogP contribution in [0.15, 0.2) is 0 Å². The normalized spacial score (nSPS) is 14.1. The lowest BCUT2D eigenvalue weighted by Gasteiger charge is -2.21. The molecule has 0 aromatic heterocycles. The van der Waals surface area contributed by atoms with E-state index in [1.54, 1.807) is 0 Å². The van der Waals surface area contributed by atoms with Crippen molar-refractivity contribution in [1.82, 2.24) is 0 Å². The smallest absolute Gasteiger partial charge is 0.462 e. The third kappa shape index (κ3) is 72.8. The Morgan fingerprint density at radius 2 is 0.485 bits per heavy atom. The Hall–Kier alpha value is -1.94. The van der Waals surface area contributed by atoms with Crippen molar-refractivity contribution in [3.8, 4) is 0 Å². The molecule has 0 aliphatic heterocycles. The maximum Gasteiger partial charge on any atom is 0.472 e. The molecule has 0 aromatic carbocycles. The molecule has 17 nitrogen and oxygen atoms in total. The van der Waals surface area contributed by atoms with Gasteiger partial charge in [0.05, 0.1) is 26.4 Å². The van der Waals surface area contributed by atoms with Crippen LogP contribution >= 0.6 is 15.6 Å². The first kappa shape index (κ1) is 97.1. The number of ether oxygens (including phenoxy) is 4. The van der Waals surface area contributed by atoms with Crippen molar-refractivity contribution in [1.29, 1.82) is 0 Å². The number of aliphatic hydroxyl groups is 1. The summed E-state index contributed by atoms with van der Waals surface area (Å²) in [5.74, 6) is -1.26. The molecular formula is C80H156O17P2. The quantitative estimate of drug-likeness (QED) is 0.0222. The summed E-state index contributed by atoms with van der Waals surface area (Å²) in [4.78, 5) is 72.9. The Bertz CT molecular complexity index is 1890. The van der Waals surface area contributed by atoms with Gasteiger partial charge in [-0.15, -0.1) is 0 Å². The van der Waals surface area contributed by atoms with Crippen LogP contribution in [0.3, 0.4) is 0 Å². The number of carbonyl (C=O) groups is 4. The molecule has 0 bridgehead atoms. The molecule has 0 saturated heterocycles. The molecule has 99 heavy (non-hydrogen) atoms. The van der Waals surface area contributed by atoms with Crippen LogP contribution in [0, 0.1) is 5.92 Å². The molecule has 6 atom stereocenters. The lowest BCUT2D eigenvalue weighted by molar-refractivity contribution is -0.161. The molecule has 0 rings (SSSR count). The zero-order valence-electron chi connectivity index (χ0n) is 64.6. The highest BCUT2D eigenvalue weighted by atomic mass is 31.2. The number of phosphoric acid groups is 2. The van der Waals surface area contributed by atoms with Gasteiger partial charge < -0.3 is 33.8 Å². The van der Waals surface area contributed by atoms with Crippen molar-refractivity contribution in [2.45, 2.75) is 445 Å². The van der Waals surface area contributed by atoms with Gasteiger partial charge in [-0.2, -0.15) is 0 Å². The number of hydrogen-bond acceptors (Lipinski definition) is 15. The van der Waals surface area contributed by atoms with Gasteiger partial charge in [0.25, 0.3) is 0 Å². The Morgan fingerprint density at radius 1 is 0.283 bits per heavy atom. The minimum absolute atomic E-state index is 0.108. The van der Waals surface area contributed by atoms with Gasteiger partial charge in [0.2, 0.25) is 0 Å². The first-order valence-electron chi connectivity index (χ1n) is 41.7. The van der Waals surface area contributed by atoms with E-state index in [1.807, 2.05) is 0 Å². The average molecular weight is 1450 g/mol. The van der Waals surface area contributed by atoms with E-state index >= 15 is 0 Å². The summed E-state index contributed by atoms with van der Waals surface area (Å²) in [6, 6.07) is 0. The summed E-state index contributed by atoms with van der Waals surface area (Å²) < 4.78 is 68.6. The number of hydrogen-bond donors (Lipinski definition) is 3. The summed E-state index contributed by atoms with van der Waals surface area (Å²) in [5, 5.41) is 10.6. The van der Waals surface area contributed by atoms with Gasteiger partial charge in [0.1, 0.15) is 19.3 Å². The van der Waals surface area contributed by atoms with Gasteiger partial charge in [0, 0.05) is 25.7 Å². The maximum atomic E-state index is 13.1. The van der Waals surface area contributed by atoms with Gasteiger partial charge in [-0.3, -0.25) is 37.3 Å². The fourth-order valence-electron chi connectivity index (χ4n) is 12.4. The second-order valence-electron chi connectivity index (χ2n) is 29.1. The van der Waals surface area contributed by atoms with E-state index in [0.717, 1.165) is 95.8 Å². The third-order valence-electron chi connectivity index (χ3n) is 19.1. The van der Waals surface area contributed by atoms with Crippen molar-refractivity contribution in [3.63, 3.8) is 0 Å². The molecule has 0 aliphatic rings. The lowest BCUT2D eigenvalue weighted by atomic mass is 9.99. The van der Waals surface area contributed by atoms with Gasteiger partial charge in [-0.25, -0.2) is 9.13 Å². The van der Waals surface area contributed by atoms with Crippen LogP contribution < -0.4 is 0 Å². The highest BCUT2D eigenvalue weighted by Gasteiger charge is 2.30. The van der Waals surface area contributed by atoms with Gasteiger partial charge >= 0.3 is 39.5 Å². The van der Waals surface area contributed by atoms with Crippen molar-refractivity contribution in [2.75, 3.05) is 39.6 Å². The Balaban J connectivity index is 5.22. The van der Waals surface area contributed by atoms with Gasteiger partial charge in [-0.05, 0) is 31.6 Å². The molecule has 3 N–H and O–H groups in total. The highest BCUT2D eigenvalue weighted by Crippen LogP contribution is 2.45. The first-order valence-corrected chi connectivity index (χ1v) is 44.7. The third-order valence-corrected chi connectivity index (χ3v) is 21.0. The van der Waals surface area contributed by atoms with Crippen LogP contribution in [-0.2, 0) is 65.4 Å². The fraction of sp³-hybridized carbons (Fsp3) is 0.950. The number of unbranched alkanes of at least 4 members (excludes halogenated alkanes) is 51. The molecule has 19 heteroatoms. The summed E-state index contributed by atoms with van der Waals surface area (Å²) in [6.07, 6.45) is 63.7. The largest absolute Gasteiger partial charge is 0.472 e. The van der Waals surface area contributed by atoms with Crippen molar-refractivity contribution < 1.29 is 80.2 Å². The predicted octanol–water partition coefficient (Wildman–Crippen LogP) is 24.0. The minimum atomic E-state index is -4.96. The van der Waals surface area contributed by atoms with E-state index in [-0.39, 0.29) is 25.7 Å². The molecule has 0 amide bonds. The minimum Gasteiger partial charge on any atom is -0.462 e. The number of carbonyl (C=O) groups excluding carboxylic acids is 4. The molecule has 0 aromatic rings. The van der Waals surface area contributed by atoms with Crippen LogP contribution in [0.5, 0.6) is 0 Å². The number of phosphoric ester groups is 2. The molecule has 3 unspecified atom stereocenters. The maximum absolute atomic E-state index is 13.1. The molecule has 0 spiro atoms. The van der Waals surface area contributed by atoms with E-state index in [1.165, 1.54) is 250 Å². The molecule has 0 heterocycles. The van der Waals surface area contributed by atoms with E-state index in [2.05, 4.69) is 34.6 Å². The molecule has 0 radical (unpaired) electrons. The molecule has 0 saturated carbocycles. The fourth-order valence-corrected chi connectivity index (χ4v) is 14.0. The molecule has 588 valence electrons. The molecular weight excluding hydrogens is 1290 g/mol. The van der Waals surface area contributed by atoms with Crippen LogP contribution in [0.2, 0.25) is 0 Å². The zero-order valence-corrected chi connectivity index (χ0v) is 66.4. The summed E-state index contributed by atoms with van der Waals surface area (Å²) >= 11 is 0. The predicted molar refractivity (Wildman–Crippen MR) is 405 cm³/mol. The number of esters is 4. The second kappa shape index (κ2) is 73.0. The summed E-state index contributed by atoms with van der Waals surface area (Å²) in [5.41, 5.74) is 0. The van der Waals surface area contributed by atoms with Crippen LogP contribution in [0.25, 0.3) is 0 Å². The van der Waals surface area contributed by atoms with Crippen LogP contribution in [0.1, 0.15) is 426 Å². The molecule has 0 aliphatic carbocycles. The molecule has 0 fully saturated rings. The average Bonchev–Trinajstić information content (AvgIpc) is 1.14. The highest BCUT2D eigenvalue weighted by molar-refractivity contribution is 7.47. The van der Waals surface area contributed by atoms with Crippen molar-refractivity contribution >= 4 is 39.5 Å². The van der Waals surface area contributed by atoms with Crippen LogP contribution in [0.4, 0.5) is 0 Å². The Kier molecular flexibility index (Phi) is 71.6. The monoisotopic (exact) mass is 1450 g/mol. The standard InChI is InChI=1S/C80H156O17P2/c1-6-10-13-16-19-22-24-26-27-28-29-30-31-37-41-46-51-56-61-66-80(85)97-76(70-91-78(83)64-59-54-49-44-39-36-33-32-35-38-43-47-52-57-62-73(5)9-4)72-95-99(88,89)93-68-74(81)67-92-98(86,87)94-71-75(69-90-77(82)63-58-53-48-42-21-18-15-12-8-3)96-79(84)65-60-55-50-45-40-34-25-23-20-17-14-11-7-2/h73-76,81H,6-72H2,1-5H3,(H,86,87)(H,88,89)/t73?,74-,75+,76+/m0/s1. The second-order valence-corrected chi connectivity index (χ2v) is 32.0. The number of aliphatic hydroxyl groups excluding tert-OH is 1. The van der Waals surface area contributed by atoms with Crippen molar-refractivity contribution in [3.05, 3.63) is 0 Å². The zero-order chi connectivity index (χ0) is 72.7. The Morgan fingerprint density at radius 3 is 0.717 bits per heavy atom. The van der Waals surface area contributed by atoms with E-state index in [4.69, 9.17) is 37.0 Å².